The van der Waals surface area contributed by atoms with Crippen molar-refractivity contribution in [2.75, 3.05) is 18.1 Å². The summed E-state index contributed by atoms with van der Waals surface area (Å²) in [7, 11) is 0. The van der Waals surface area contributed by atoms with Crippen molar-refractivity contribution in [1.82, 2.24) is 15.2 Å². The molecule has 1 saturated heterocycles. The first-order chi connectivity index (χ1) is 19.8. The lowest BCUT2D eigenvalue weighted by Gasteiger charge is -2.49. The summed E-state index contributed by atoms with van der Waals surface area (Å²) in [6, 6.07) is -1.19. The molecular weight excluding hydrogens is 630 g/mol. The molecule has 0 radical (unpaired) electrons. The number of nitrogens with zero attached hydrogens (tertiary/aromatic N) is 3. The molecule has 0 bridgehead atoms. The quantitative estimate of drug-likeness (QED) is 0.101. The maximum absolute atomic E-state index is 13.4. The van der Waals surface area contributed by atoms with Crippen LogP contribution in [0.25, 0.3) is 0 Å². The lowest BCUT2D eigenvalue weighted by atomic mass is 10.0. The molecule has 0 aromatic carbocycles. The summed E-state index contributed by atoms with van der Waals surface area (Å²) in [6.07, 6.45) is -0.473. The van der Waals surface area contributed by atoms with Crippen molar-refractivity contribution in [3.8, 4) is 0 Å². The molecule has 1 aromatic rings. The van der Waals surface area contributed by atoms with E-state index in [0.717, 1.165) is 28.0 Å². The summed E-state index contributed by atoms with van der Waals surface area (Å²) in [6.45, 7) is 8.52. The summed E-state index contributed by atoms with van der Waals surface area (Å²) < 4.78 is 10.3. The van der Waals surface area contributed by atoms with Gasteiger partial charge in [0.25, 0.3) is 11.8 Å². The van der Waals surface area contributed by atoms with E-state index in [9.17, 15) is 33.9 Å². The Balaban J connectivity index is 1.83. The van der Waals surface area contributed by atoms with Crippen LogP contribution in [0.5, 0.6) is 0 Å². The van der Waals surface area contributed by atoms with Gasteiger partial charge in [-0.3, -0.25) is 24.1 Å². The number of aliphatic carboxylic acids is 1. The third kappa shape index (κ3) is 8.03. The Morgan fingerprint density at radius 1 is 1.21 bits per heavy atom. The first kappa shape index (κ1) is 33.8. The highest BCUT2D eigenvalue weighted by Crippen LogP contribution is 2.40. The molecule has 0 unspecified atom stereocenters. The second-order valence-corrected chi connectivity index (χ2v) is 13.6. The van der Waals surface area contributed by atoms with Crippen LogP contribution in [-0.4, -0.2) is 91.2 Å². The number of rotatable bonds is 11. The highest BCUT2D eigenvalue weighted by molar-refractivity contribution is 8.00. The minimum absolute atomic E-state index is 0.00778. The van der Waals surface area contributed by atoms with Gasteiger partial charge in [0.2, 0.25) is 5.60 Å². The predicted molar refractivity (Wildman–Crippen MR) is 155 cm³/mol. The number of β-lactam (4-membered cyclic amide) rings is 1. The largest absolute Gasteiger partial charge is 0.477 e. The van der Waals surface area contributed by atoms with E-state index in [-0.39, 0.29) is 32.2 Å². The number of oxime groups is 1. The number of nitrogens with two attached hydrogens (primary N) is 1. The number of carboxylic acid groups (broad SMARTS) is 1. The summed E-state index contributed by atoms with van der Waals surface area (Å²) in [5, 5.41) is 15.3. The molecule has 18 heteroatoms. The van der Waals surface area contributed by atoms with Gasteiger partial charge in [-0.2, -0.15) is 0 Å². The van der Waals surface area contributed by atoms with Gasteiger partial charge in [-0.05, 0) is 41.5 Å². The molecule has 4 N–H and O–H groups in total. The summed E-state index contributed by atoms with van der Waals surface area (Å²) in [5.74, 6) is -5.13. The molecule has 3 rings (SSSR count). The Hall–Kier alpha value is -3.70. The molecule has 0 spiro atoms. The van der Waals surface area contributed by atoms with Gasteiger partial charge in [0.1, 0.15) is 51.6 Å². The van der Waals surface area contributed by atoms with Crippen LogP contribution in [0.3, 0.4) is 0 Å². The Morgan fingerprint density at radius 2 is 1.86 bits per heavy atom. The zero-order valence-electron chi connectivity index (χ0n) is 24.0. The Bertz CT molecular complexity index is 1430. The van der Waals surface area contributed by atoms with Crippen molar-refractivity contribution in [2.24, 2.45) is 5.16 Å². The number of fused-ring (bicyclic) bond motifs is 1. The summed E-state index contributed by atoms with van der Waals surface area (Å²) in [4.78, 5) is 84.5. The van der Waals surface area contributed by atoms with E-state index < -0.39 is 76.9 Å². The van der Waals surface area contributed by atoms with Crippen molar-refractivity contribution in [3.63, 3.8) is 0 Å². The minimum atomic E-state index is -1.65. The zero-order valence-corrected chi connectivity index (χ0v) is 26.4. The number of hydrogen-bond acceptors (Lipinski definition) is 14. The zero-order chi connectivity index (χ0) is 32.4. The summed E-state index contributed by atoms with van der Waals surface area (Å²) in [5.41, 5.74) is 2.36. The van der Waals surface area contributed by atoms with Crippen LogP contribution in [0.15, 0.2) is 16.4 Å². The molecule has 0 saturated carbocycles. The van der Waals surface area contributed by atoms with Crippen LogP contribution in [0, 0.1) is 0 Å². The van der Waals surface area contributed by atoms with Gasteiger partial charge in [-0.1, -0.05) is 28.1 Å². The third-order valence-corrected chi connectivity index (χ3v) is 8.06. The number of thioether (sulfide) groups is 1. The number of amides is 2. The number of aromatic nitrogens is 1. The monoisotopic (exact) mass is 659 g/mol. The number of ether oxygens (including phenoxy) is 2. The molecule has 0 aliphatic carbocycles. The fraction of sp³-hybridized carbons (Fsp3) is 0.520. The van der Waals surface area contributed by atoms with Crippen molar-refractivity contribution < 1.29 is 48.2 Å². The molecule has 15 nitrogen and oxygen atoms in total. The number of thiazole rings is 1. The molecule has 234 valence electrons. The number of halogens is 1. The number of carboxylic acids is 1. The lowest BCUT2D eigenvalue weighted by Crippen LogP contribution is -2.71. The molecule has 2 aliphatic heterocycles. The molecule has 1 fully saturated rings. The average Bonchev–Trinajstić information content (AvgIpc) is 3.21. The maximum atomic E-state index is 13.4. The fourth-order valence-corrected chi connectivity index (χ4v) is 5.93. The van der Waals surface area contributed by atoms with Crippen molar-refractivity contribution >= 4 is 81.0 Å². The normalized spacial score (nSPS) is 18.8. The molecular formula is C25H30ClN5O10S2. The standard InChI is InChI=1S/C25H30ClN5O10S2/c1-10(32)7-12(33)39-8-11-9-42-20-15(19(35)31(20)16(11)21(36)37)28-18(34)14(13-17(26)43-23(27)29-13)30-41-25(5,6)22(38)40-24(2,3)4/h15,20H,7-9H2,1-6H3,(H2,27,29)(H,28,34)(H,36,37)/b30-14-/t15-,20+/m1/s1. The SMILES string of the molecule is CC(=O)CC(=O)OCC1=C(C(=O)O)N2C(=O)[C@@H](NC(=O)/C(=N\OC(C)(C)C(=O)OC(C)(C)C)c3nc(N)sc3Cl)[C@@H]2SC1. The van der Waals surface area contributed by atoms with E-state index in [0.29, 0.717) is 0 Å². The fourth-order valence-electron chi connectivity index (χ4n) is 3.68. The predicted octanol–water partition coefficient (Wildman–Crippen LogP) is 1.48. The third-order valence-electron chi connectivity index (χ3n) is 5.63. The van der Waals surface area contributed by atoms with E-state index in [1.54, 1.807) is 20.8 Å². The Morgan fingerprint density at radius 3 is 2.40 bits per heavy atom. The van der Waals surface area contributed by atoms with Crippen LogP contribution in [0.2, 0.25) is 4.34 Å². The molecule has 2 aliphatic rings. The Kier molecular flexibility index (Phi) is 10.1. The second-order valence-electron chi connectivity index (χ2n) is 10.9. The van der Waals surface area contributed by atoms with Gasteiger partial charge >= 0.3 is 17.9 Å². The van der Waals surface area contributed by atoms with Crippen LogP contribution < -0.4 is 11.1 Å². The van der Waals surface area contributed by atoms with E-state index >= 15 is 0 Å². The van der Waals surface area contributed by atoms with Crippen LogP contribution >= 0.6 is 34.7 Å². The van der Waals surface area contributed by atoms with Gasteiger partial charge < -0.3 is 30.5 Å². The molecule has 1 aromatic heterocycles. The number of nitrogens with one attached hydrogen (secondary N) is 1. The van der Waals surface area contributed by atoms with Crippen LogP contribution in [-0.2, 0) is 43.1 Å². The van der Waals surface area contributed by atoms with Gasteiger partial charge in [0, 0.05) is 11.3 Å². The smallest absolute Gasteiger partial charge is 0.353 e. The topological polar surface area (TPSA) is 217 Å². The number of Topliss-reactive ketones (excluding diaryl/α,β-unsaturated/α-hetero) is 1. The number of anilines is 1. The van der Waals surface area contributed by atoms with Gasteiger partial charge in [-0.15, -0.1) is 11.8 Å². The first-order valence-electron chi connectivity index (χ1n) is 12.6. The van der Waals surface area contributed by atoms with Crippen molar-refractivity contribution in [2.45, 2.75) is 70.6 Å². The lowest BCUT2D eigenvalue weighted by molar-refractivity contribution is -0.179. The van der Waals surface area contributed by atoms with E-state index in [4.69, 9.17) is 31.6 Å². The van der Waals surface area contributed by atoms with Crippen LogP contribution in [0.1, 0.15) is 53.7 Å². The Labute approximate surface area is 259 Å². The highest BCUT2D eigenvalue weighted by Gasteiger charge is 2.54. The van der Waals surface area contributed by atoms with E-state index in [1.807, 2.05) is 0 Å². The second kappa shape index (κ2) is 12.9. The maximum Gasteiger partial charge on any atom is 0.353 e. The molecule has 2 atom stereocenters. The summed E-state index contributed by atoms with van der Waals surface area (Å²) >= 11 is 8.19. The highest BCUT2D eigenvalue weighted by atomic mass is 35.5. The molecule has 43 heavy (non-hydrogen) atoms. The van der Waals surface area contributed by atoms with E-state index in [1.165, 1.54) is 20.8 Å². The number of carbonyl (C=O) groups is 6. The van der Waals surface area contributed by atoms with Crippen LogP contribution in [0.4, 0.5) is 5.13 Å². The van der Waals surface area contributed by atoms with Gasteiger partial charge in [0.05, 0.1) is 0 Å². The van der Waals surface area contributed by atoms with Gasteiger partial charge in [-0.25, -0.2) is 14.6 Å². The molecule has 3 heterocycles. The van der Waals surface area contributed by atoms with Gasteiger partial charge in [0.15, 0.2) is 10.8 Å². The first-order valence-corrected chi connectivity index (χ1v) is 14.8. The van der Waals surface area contributed by atoms with Crippen molar-refractivity contribution in [1.29, 1.82) is 0 Å². The van der Waals surface area contributed by atoms with Crippen molar-refractivity contribution in [3.05, 3.63) is 21.3 Å². The minimum Gasteiger partial charge on any atom is -0.477 e. The number of esters is 2. The molecule has 2 amide bonds. The number of ketones is 1. The number of nitrogen functional groups attached to an aromatic ring is 1. The number of hydrogen-bond donors (Lipinski definition) is 3. The average molecular weight is 660 g/mol. The number of carbonyl (C=O) groups excluding carboxylic acids is 5. The van der Waals surface area contributed by atoms with E-state index in [2.05, 4.69) is 15.5 Å².